The topological polar surface area (TPSA) is 24.5 Å². The summed E-state index contributed by atoms with van der Waals surface area (Å²) in [7, 11) is 4.04. The summed E-state index contributed by atoms with van der Waals surface area (Å²) in [5, 5.41) is 0. The van der Waals surface area contributed by atoms with E-state index in [0.29, 0.717) is 6.04 Å². The number of nitrogens with zero attached hydrogens (tertiary/aromatic N) is 1. The highest BCUT2D eigenvalue weighted by molar-refractivity contribution is 5.02. The molecule has 0 spiro atoms. The second kappa shape index (κ2) is 5.15. The summed E-state index contributed by atoms with van der Waals surface area (Å²) in [5.74, 6) is 6.22. The van der Waals surface area contributed by atoms with E-state index in [9.17, 15) is 0 Å². The molecule has 68 valence electrons. The molecule has 0 radical (unpaired) electrons. The molecular weight excluding hydrogens is 152 g/mol. The summed E-state index contributed by atoms with van der Waals surface area (Å²) in [6.45, 7) is 1.66. The average molecular weight is 168 g/mol. The third kappa shape index (κ3) is 3.72. The van der Waals surface area contributed by atoms with Crippen molar-refractivity contribution < 1.29 is 4.84 Å². The van der Waals surface area contributed by atoms with Crippen molar-refractivity contribution in [2.45, 2.75) is 18.9 Å². The van der Waals surface area contributed by atoms with Crippen molar-refractivity contribution in [3.05, 3.63) is 0 Å². The minimum atomic E-state index is 0.444. The van der Waals surface area contributed by atoms with Gasteiger partial charge in [-0.15, -0.1) is 5.92 Å². The molecule has 0 aromatic rings. The second-order valence-electron chi connectivity index (χ2n) is 3.25. The van der Waals surface area contributed by atoms with Crippen LogP contribution in [-0.2, 0) is 4.84 Å². The second-order valence-corrected chi connectivity index (χ2v) is 3.25. The first-order chi connectivity index (χ1) is 5.79. The minimum absolute atomic E-state index is 0.444. The summed E-state index contributed by atoms with van der Waals surface area (Å²) < 4.78 is 0. The normalized spacial score (nSPS) is 22.4. The van der Waals surface area contributed by atoms with Gasteiger partial charge in [-0.2, -0.15) is 5.48 Å². The van der Waals surface area contributed by atoms with E-state index >= 15 is 0 Å². The highest BCUT2D eigenvalue weighted by Gasteiger charge is 2.12. The molecule has 1 aliphatic heterocycles. The van der Waals surface area contributed by atoms with Gasteiger partial charge in [-0.1, -0.05) is 5.92 Å². The van der Waals surface area contributed by atoms with Gasteiger partial charge >= 0.3 is 0 Å². The largest absolute Gasteiger partial charge is 0.301 e. The van der Waals surface area contributed by atoms with Gasteiger partial charge in [-0.25, -0.2) is 0 Å². The molecule has 0 aliphatic carbocycles. The van der Waals surface area contributed by atoms with Gasteiger partial charge in [0.1, 0.15) is 0 Å². The van der Waals surface area contributed by atoms with E-state index in [2.05, 4.69) is 22.2 Å². The molecule has 1 N–H and O–H groups in total. The maximum absolute atomic E-state index is 5.01. The van der Waals surface area contributed by atoms with Crippen LogP contribution in [0.25, 0.3) is 0 Å². The zero-order valence-corrected chi connectivity index (χ0v) is 7.76. The van der Waals surface area contributed by atoms with Crippen LogP contribution in [0.4, 0.5) is 0 Å². The molecule has 1 atom stereocenters. The van der Waals surface area contributed by atoms with Gasteiger partial charge in [0, 0.05) is 12.5 Å². The lowest BCUT2D eigenvalue weighted by molar-refractivity contribution is 0.0889. The fourth-order valence-electron chi connectivity index (χ4n) is 0.990. The van der Waals surface area contributed by atoms with Crippen LogP contribution in [0, 0.1) is 11.8 Å². The van der Waals surface area contributed by atoms with Crippen LogP contribution in [0.5, 0.6) is 0 Å². The van der Waals surface area contributed by atoms with Crippen LogP contribution >= 0.6 is 0 Å². The fourth-order valence-corrected chi connectivity index (χ4v) is 0.990. The zero-order valence-electron chi connectivity index (χ0n) is 7.76. The summed E-state index contributed by atoms with van der Waals surface area (Å²) in [5.41, 5.74) is 2.93. The molecule has 0 amide bonds. The number of hydrogen-bond acceptors (Lipinski definition) is 3. The van der Waals surface area contributed by atoms with E-state index in [-0.39, 0.29) is 0 Å². The van der Waals surface area contributed by atoms with Crippen molar-refractivity contribution in [2.24, 2.45) is 0 Å². The predicted molar refractivity (Wildman–Crippen MR) is 48.4 cm³/mol. The monoisotopic (exact) mass is 168 g/mol. The summed E-state index contributed by atoms with van der Waals surface area (Å²) in [4.78, 5) is 7.07. The first kappa shape index (κ1) is 9.53. The fraction of sp³-hybridized carbons (Fsp3) is 0.778. The summed E-state index contributed by atoms with van der Waals surface area (Å²) in [6.07, 6.45) is 1.98. The molecule has 0 aromatic heterocycles. The van der Waals surface area contributed by atoms with Gasteiger partial charge in [0.2, 0.25) is 0 Å². The van der Waals surface area contributed by atoms with Crippen LogP contribution in [-0.4, -0.2) is 38.2 Å². The highest BCUT2D eigenvalue weighted by Crippen LogP contribution is 2.03. The molecule has 3 nitrogen and oxygen atoms in total. The van der Waals surface area contributed by atoms with Crippen LogP contribution in [0.3, 0.4) is 0 Å². The number of hydroxylamine groups is 1. The molecule has 1 aliphatic rings. The molecule has 1 saturated heterocycles. The van der Waals surface area contributed by atoms with Crippen molar-refractivity contribution >= 4 is 0 Å². The van der Waals surface area contributed by atoms with Crippen molar-refractivity contribution in [2.75, 3.05) is 27.2 Å². The lowest BCUT2D eigenvalue weighted by Gasteiger charge is -2.02. The Hall–Kier alpha value is -0.560. The third-order valence-corrected chi connectivity index (χ3v) is 1.69. The van der Waals surface area contributed by atoms with Crippen LogP contribution in [0.1, 0.15) is 12.8 Å². The molecule has 1 heterocycles. The SMILES string of the molecule is CN(C)CC#CCC1CCON1. The van der Waals surface area contributed by atoms with E-state index < -0.39 is 0 Å². The Kier molecular flexibility index (Phi) is 4.09. The first-order valence-corrected chi connectivity index (χ1v) is 4.27. The van der Waals surface area contributed by atoms with E-state index in [0.717, 1.165) is 26.0 Å². The van der Waals surface area contributed by atoms with Crippen molar-refractivity contribution in [3.63, 3.8) is 0 Å². The van der Waals surface area contributed by atoms with Gasteiger partial charge in [0.15, 0.2) is 0 Å². The Morgan fingerprint density at radius 2 is 2.33 bits per heavy atom. The van der Waals surface area contributed by atoms with E-state index in [1.165, 1.54) is 0 Å². The summed E-state index contributed by atoms with van der Waals surface area (Å²) in [6, 6.07) is 0.444. The van der Waals surface area contributed by atoms with E-state index in [1.807, 2.05) is 14.1 Å². The quantitative estimate of drug-likeness (QED) is 0.598. The van der Waals surface area contributed by atoms with Crippen LogP contribution in [0.2, 0.25) is 0 Å². The Bertz CT molecular complexity index is 175. The molecule has 3 heteroatoms. The van der Waals surface area contributed by atoms with Crippen molar-refractivity contribution in [3.8, 4) is 11.8 Å². The maximum Gasteiger partial charge on any atom is 0.0698 e. The summed E-state index contributed by atoms with van der Waals surface area (Å²) >= 11 is 0. The van der Waals surface area contributed by atoms with E-state index in [4.69, 9.17) is 4.84 Å². The third-order valence-electron chi connectivity index (χ3n) is 1.69. The van der Waals surface area contributed by atoms with Crippen molar-refractivity contribution in [1.29, 1.82) is 0 Å². The Morgan fingerprint density at radius 3 is 2.92 bits per heavy atom. The zero-order chi connectivity index (χ0) is 8.81. The number of hydrogen-bond donors (Lipinski definition) is 1. The Labute approximate surface area is 74.0 Å². The molecular formula is C9H16N2O. The molecule has 0 bridgehead atoms. The van der Waals surface area contributed by atoms with Gasteiger partial charge in [0.25, 0.3) is 0 Å². The Morgan fingerprint density at radius 1 is 1.50 bits per heavy atom. The molecule has 1 unspecified atom stereocenters. The number of rotatable bonds is 2. The molecule has 0 saturated carbocycles. The number of nitrogens with one attached hydrogen (secondary N) is 1. The average Bonchev–Trinajstić information content (AvgIpc) is 2.49. The standard InChI is InChI=1S/C9H16N2O/c1-11(2)7-4-3-5-9-6-8-12-10-9/h9-10H,5-8H2,1-2H3. The minimum Gasteiger partial charge on any atom is -0.301 e. The maximum atomic E-state index is 5.01. The van der Waals surface area contributed by atoms with Crippen LogP contribution < -0.4 is 5.48 Å². The van der Waals surface area contributed by atoms with Gasteiger partial charge in [-0.3, -0.25) is 4.90 Å². The Balaban J connectivity index is 2.09. The molecule has 1 fully saturated rings. The van der Waals surface area contributed by atoms with Crippen molar-refractivity contribution in [1.82, 2.24) is 10.4 Å². The highest BCUT2D eigenvalue weighted by atomic mass is 16.7. The van der Waals surface area contributed by atoms with Gasteiger partial charge in [-0.05, 0) is 20.5 Å². The molecule has 0 aromatic carbocycles. The smallest absolute Gasteiger partial charge is 0.0698 e. The van der Waals surface area contributed by atoms with Gasteiger partial charge < -0.3 is 4.84 Å². The first-order valence-electron chi connectivity index (χ1n) is 4.27. The predicted octanol–water partition coefficient (Wildman–Crippen LogP) is 0.235. The van der Waals surface area contributed by atoms with Crippen LogP contribution in [0.15, 0.2) is 0 Å². The lowest BCUT2D eigenvalue weighted by Crippen LogP contribution is -2.19. The molecule has 1 rings (SSSR count). The van der Waals surface area contributed by atoms with Gasteiger partial charge in [0.05, 0.1) is 13.2 Å². The van der Waals surface area contributed by atoms with E-state index in [1.54, 1.807) is 0 Å². The molecule has 12 heavy (non-hydrogen) atoms. The lowest BCUT2D eigenvalue weighted by atomic mass is 10.2.